The molecule has 0 saturated carbocycles. The van der Waals surface area contributed by atoms with E-state index in [9.17, 15) is 0 Å². The van der Waals surface area contributed by atoms with Crippen LogP contribution >= 0.6 is 0 Å². The van der Waals surface area contributed by atoms with Crippen LogP contribution in [0, 0.1) is 0 Å². The fourth-order valence-corrected chi connectivity index (χ4v) is 2.70. The van der Waals surface area contributed by atoms with Crippen molar-refractivity contribution in [2.75, 3.05) is 5.73 Å². The van der Waals surface area contributed by atoms with Gasteiger partial charge in [-0.25, -0.2) is 4.98 Å². The highest BCUT2D eigenvalue weighted by molar-refractivity contribution is 5.81. The van der Waals surface area contributed by atoms with Gasteiger partial charge in [-0.1, -0.05) is 32.9 Å². The smallest absolute Gasteiger partial charge is 0.114 e. The highest BCUT2D eigenvalue weighted by atomic mass is 15.1. The number of fused-ring (bicyclic) bond motifs is 1. The first-order valence-electron chi connectivity index (χ1n) is 7.47. The van der Waals surface area contributed by atoms with Gasteiger partial charge in [0, 0.05) is 17.8 Å². The van der Waals surface area contributed by atoms with Crippen molar-refractivity contribution in [2.24, 2.45) is 0 Å². The molecule has 3 rings (SSSR count). The molecule has 0 unspecified atom stereocenters. The molecule has 3 aromatic rings. The molecule has 1 heterocycles. The number of imidazole rings is 1. The lowest BCUT2D eigenvalue weighted by Crippen LogP contribution is -2.01. The van der Waals surface area contributed by atoms with Crippen LogP contribution in [0.25, 0.3) is 16.7 Å². The van der Waals surface area contributed by atoms with Crippen molar-refractivity contribution in [3.8, 4) is 5.69 Å². The van der Waals surface area contributed by atoms with E-state index in [1.807, 2.05) is 12.1 Å². The number of aryl methyl sites for hydroxylation is 1. The molecule has 2 N–H and O–H groups in total. The summed E-state index contributed by atoms with van der Waals surface area (Å²) in [5.41, 5.74) is 11.2. The lowest BCUT2D eigenvalue weighted by molar-refractivity contribution is 0.857. The molecular weight excluding hydrogens is 258 g/mol. The standard InChI is InChI=1S/C18H21N3/c1-4-18-20-16-11-14(19)8-9-17(16)21(18)15-7-5-6-13(10-15)12(2)3/h5-12H,4,19H2,1-3H3. The Morgan fingerprint density at radius 1 is 1.14 bits per heavy atom. The van der Waals surface area contributed by atoms with E-state index in [-0.39, 0.29) is 0 Å². The predicted molar refractivity (Wildman–Crippen MR) is 88.9 cm³/mol. The van der Waals surface area contributed by atoms with Crippen LogP contribution in [0.15, 0.2) is 42.5 Å². The quantitative estimate of drug-likeness (QED) is 0.727. The number of hydrogen-bond donors (Lipinski definition) is 1. The first-order chi connectivity index (χ1) is 10.1. The van der Waals surface area contributed by atoms with Gasteiger partial charge < -0.3 is 5.73 Å². The summed E-state index contributed by atoms with van der Waals surface area (Å²) in [7, 11) is 0. The van der Waals surface area contributed by atoms with Crippen molar-refractivity contribution < 1.29 is 0 Å². The summed E-state index contributed by atoms with van der Waals surface area (Å²) in [6.07, 6.45) is 0.889. The first-order valence-corrected chi connectivity index (χ1v) is 7.47. The summed E-state index contributed by atoms with van der Waals surface area (Å²) in [4.78, 5) is 4.73. The lowest BCUT2D eigenvalue weighted by atomic mass is 10.0. The van der Waals surface area contributed by atoms with Crippen molar-refractivity contribution in [1.29, 1.82) is 0 Å². The second-order valence-electron chi connectivity index (χ2n) is 5.71. The molecule has 0 atom stereocenters. The summed E-state index contributed by atoms with van der Waals surface area (Å²) < 4.78 is 2.24. The maximum absolute atomic E-state index is 5.88. The van der Waals surface area contributed by atoms with E-state index in [1.54, 1.807) is 0 Å². The molecule has 3 heteroatoms. The Bertz CT molecular complexity index is 784. The maximum Gasteiger partial charge on any atom is 0.114 e. The topological polar surface area (TPSA) is 43.8 Å². The van der Waals surface area contributed by atoms with E-state index in [2.05, 4.69) is 55.7 Å². The van der Waals surface area contributed by atoms with Crippen LogP contribution in [0.2, 0.25) is 0 Å². The third kappa shape index (κ3) is 2.40. The lowest BCUT2D eigenvalue weighted by Gasteiger charge is -2.12. The number of nitrogens with two attached hydrogens (primary N) is 1. The Morgan fingerprint density at radius 3 is 2.67 bits per heavy atom. The van der Waals surface area contributed by atoms with Crippen LogP contribution in [0.3, 0.4) is 0 Å². The zero-order chi connectivity index (χ0) is 15.0. The molecule has 2 aromatic carbocycles. The summed E-state index contributed by atoms with van der Waals surface area (Å²) >= 11 is 0. The van der Waals surface area contributed by atoms with Crippen molar-refractivity contribution in [1.82, 2.24) is 9.55 Å². The predicted octanol–water partition coefficient (Wildman–Crippen LogP) is 4.29. The van der Waals surface area contributed by atoms with Gasteiger partial charge in [0.25, 0.3) is 0 Å². The van der Waals surface area contributed by atoms with Crippen molar-refractivity contribution in [3.05, 3.63) is 53.9 Å². The molecule has 0 fully saturated rings. The monoisotopic (exact) mass is 279 g/mol. The van der Waals surface area contributed by atoms with Crippen molar-refractivity contribution in [2.45, 2.75) is 33.1 Å². The molecule has 0 aliphatic carbocycles. The van der Waals surface area contributed by atoms with E-state index < -0.39 is 0 Å². The number of anilines is 1. The molecule has 21 heavy (non-hydrogen) atoms. The van der Waals surface area contributed by atoms with E-state index in [0.29, 0.717) is 5.92 Å². The number of rotatable bonds is 3. The highest BCUT2D eigenvalue weighted by Gasteiger charge is 2.12. The second-order valence-corrected chi connectivity index (χ2v) is 5.71. The molecule has 108 valence electrons. The van der Waals surface area contributed by atoms with Crippen LogP contribution in [0.1, 0.15) is 38.1 Å². The van der Waals surface area contributed by atoms with Crippen LogP contribution < -0.4 is 5.73 Å². The largest absolute Gasteiger partial charge is 0.399 e. The Balaban J connectivity index is 2.25. The molecule has 3 nitrogen and oxygen atoms in total. The first kappa shape index (κ1) is 13.7. The molecule has 0 aliphatic heterocycles. The number of nitrogen functional groups attached to an aromatic ring is 1. The Kier molecular flexibility index (Phi) is 3.42. The van der Waals surface area contributed by atoms with Gasteiger partial charge in [-0.3, -0.25) is 4.57 Å². The highest BCUT2D eigenvalue weighted by Crippen LogP contribution is 2.25. The average Bonchev–Trinajstić information content (AvgIpc) is 2.84. The number of aromatic nitrogens is 2. The van der Waals surface area contributed by atoms with E-state index in [1.165, 1.54) is 11.3 Å². The minimum absolute atomic E-state index is 0.514. The van der Waals surface area contributed by atoms with Crippen LogP contribution in [0.5, 0.6) is 0 Å². The molecule has 1 aromatic heterocycles. The third-order valence-corrected chi connectivity index (χ3v) is 3.86. The van der Waals surface area contributed by atoms with Crippen LogP contribution in [0.4, 0.5) is 5.69 Å². The molecule has 0 bridgehead atoms. The van der Waals surface area contributed by atoms with Gasteiger partial charge in [-0.2, -0.15) is 0 Å². The third-order valence-electron chi connectivity index (χ3n) is 3.86. The Labute approximate surface area is 125 Å². The summed E-state index contributed by atoms with van der Waals surface area (Å²) in [5, 5.41) is 0. The molecule has 0 saturated heterocycles. The SMILES string of the molecule is CCc1nc2cc(N)ccc2n1-c1cccc(C(C)C)c1. The maximum atomic E-state index is 5.88. The summed E-state index contributed by atoms with van der Waals surface area (Å²) in [6, 6.07) is 14.6. The molecule has 0 amide bonds. The van der Waals surface area contributed by atoms with Gasteiger partial charge >= 0.3 is 0 Å². The Hall–Kier alpha value is -2.29. The van der Waals surface area contributed by atoms with Crippen LogP contribution in [-0.2, 0) is 6.42 Å². The normalized spacial score (nSPS) is 11.4. The molecule has 0 spiro atoms. The summed E-state index contributed by atoms with van der Waals surface area (Å²) in [5.74, 6) is 1.58. The average molecular weight is 279 g/mol. The van der Waals surface area contributed by atoms with Gasteiger partial charge in [0.1, 0.15) is 5.82 Å². The molecule has 0 aliphatic rings. The van der Waals surface area contributed by atoms with Gasteiger partial charge in [-0.05, 0) is 41.8 Å². The number of nitrogens with zero attached hydrogens (tertiary/aromatic N) is 2. The zero-order valence-corrected chi connectivity index (χ0v) is 12.8. The minimum Gasteiger partial charge on any atom is -0.399 e. The number of benzene rings is 2. The van der Waals surface area contributed by atoms with Gasteiger partial charge in [0.15, 0.2) is 0 Å². The molecular formula is C18H21N3. The second kappa shape index (κ2) is 5.24. The zero-order valence-electron chi connectivity index (χ0n) is 12.8. The minimum atomic E-state index is 0.514. The van der Waals surface area contributed by atoms with E-state index >= 15 is 0 Å². The fraction of sp³-hybridized carbons (Fsp3) is 0.278. The van der Waals surface area contributed by atoms with E-state index in [0.717, 1.165) is 29.0 Å². The summed E-state index contributed by atoms with van der Waals surface area (Å²) in [6.45, 7) is 6.56. The Morgan fingerprint density at radius 2 is 1.95 bits per heavy atom. The van der Waals surface area contributed by atoms with Crippen molar-refractivity contribution >= 4 is 16.7 Å². The van der Waals surface area contributed by atoms with Crippen LogP contribution in [-0.4, -0.2) is 9.55 Å². The van der Waals surface area contributed by atoms with Gasteiger partial charge in [0.05, 0.1) is 11.0 Å². The van der Waals surface area contributed by atoms with E-state index in [4.69, 9.17) is 10.7 Å². The molecule has 0 radical (unpaired) electrons. The fourth-order valence-electron chi connectivity index (χ4n) is 2.70. The van der Waals surface area contributed by atoms with Crippen molar-refractivity contribution in [3.63, 3.8) is 0 Å². The van der Waals surface area contributed by atoms with Gasteiger partial charge in [-0.15, -0.1) is 0 Å². The number of hydrogen-bond acceptors (Lipinski definition) is 2. The van der Waals surface area contributed by atoms with Gasteiger partial charge in [0.2, 0.25) is 0 Å².